The van der Waals surface area contributed by atoms with Gasteiger partial charge in [0.25, 0.3) is 0 Å². The minimum Gasteiger partial charge on any atom is -0.192 e. The highest BCUT2D eigenvalue weighted by molar-refractivity contribution is 5.46. The van der Waals surface area contributed by atoms with Gasteiger partial charge in [0.1, 0.15) is 0 Å². The molecule has 0 bridgehead atoms. The van der Waals surface area contributed by atoms with Crippen LogP contribution >= 0.6 is 0 Å². The lowest BCUT2D eigenvalue weighted by atomic mass is 10.0. The Morgan fingerprint density at radius 3 is 2.36 bits per heavy atom. The molecule has 0 saturated carbocycles. The number of hydrogen-bond acceptors (Lipinski definition) is 1. The van der Waals surface area contributed by atoms with Gasteiger partial charge in [-0.05, 0) is 18.2 Å². The topological polar surface area (TPSA) is 23.8 Å². The first-order valence-corrected chi connectivity index (χ1v) is 3.57. The van der Waals surface area contributed by atoms with Crippen molar-refractivity contribution in [2.45, 2.75) is 6.18 Å². The quantitative estimate of drug-likeness (QED) is 0.583. The molecule has 0 amide bonds. The Hall–Kier alpha value is -1.94. The van der Waals surface area contributed by atoms with E-state index in [0.717, 1.165) is 18.2 Å². The summed E-state index contributed by atoms with van der Waals surface area (Å²) in [6, 6.07) is 4.48. The maximum absolute atomic E-state index is 12.3. The fraction of sp³-hybridized carbons (Fsp3) is 0.100. The molecule has 0 aliphatic carbocycles. The van der Waals surface area contributed by atoms with Crippen LogP contribution in [0.5, 0.6) is 0 Å². The Balaban J connectivity index is 3.37. The van der Waals surface area contributed by atoms with Crippen LogP contribution in [-0.4, -0.2) is 0 Å². The molecular formula is C10H4F3N. The molecule has 0 aliphatic rings. The molecule has 4 heteroatoms. The number of halogens is 3. The highest BCUT2D eigenvalue weighted by Gasteiger charge is 2.33. The van der Waals surface area contributed by atoms with Crippen LogP contribution in [0.25, 0.3) is 0 Å². The lowest BCUT2D eigenvalue weighted by molar-refractivity contribution is -0.137. The highest BCUT2D eigenvalue weighted by Crippen LogP contribution is 2.31. The molecule has 0 radical (unpaired) electrons. The summed E-state index contributed by atoms with van der Waals surface area (Å²) in [4.78, 5) is 0. The molecule has 1 aromatic rings. The monoisotopic (exact) mass is 195 g/mol. The molecular weight excluding hydrogens is 191 g/mol. The zero-order valence-electron chi connectivity index (χ0n) is 6.89. The minimum absolute atomic E-state index is 0.259. The van der Waals surface area contributed by atoms with E-state index in [4.69, 9.17) is 11.7 Å². The van der Waals surface area contributed by atoms with Crippen molar-refractivity contribution in [3.63, 3.8) is 0 Å². The average molecular weight is 195 g/mol. The van der Waals surface area contributed by atoms with Crippen LogP contribution in [0.1, 0.15) is 16.7 Å². The van der Waals surface area contributed by atoms with Crippen LogP contribution in [0.15, 0.2) is 18.2 Å². The Morgan fingerprint density at radius 2 is 1.93 bits per heavy atom. The second kappa shape index (κ2) is 3.43. The van der Waals surface area contributed by atoms with Crippen molar-refractivity contribution < 1.29 is 13.2 Å². The van der Waals surface area contributed by atoms with E-state index < -0.39 is 17.3 Å². The number of benzene rings is 1. The number of terminal acetylenes is 1. The number of alkyl halides is 3. The van der Waals surface area contributed by atoms with E-state index in [9.17, 15) is 13.2 Å². The van der Waals surface area contributed by atoms with Gasteiger partial charge >= 0.3 is 6.18 Å². The van der Waals surface area contributed by atoms with Gasteiger partial charge in [0.15, 0.2) is 0 Å². The third kappa shape index (κ3) is 1.86. The largest absolute Gasteiger partial charge is 0.417 e. The zero-order chi connectivity index (χ0) is 10.8. The van der Waals surface area contributed by atoms with Gasteiger partial charge in [0.2, 0.25) is 0 Å². The Labute approximate surface area is 78.8 Å². The number of hydrogen-bond donors (Lipinski definition) is 0. The average Bonchev–Trinajstić information content (AvgIpc) is 2.15. The van der Waals surface area contributed by atoms with Crippen LogP contribution in [0.2, 0.25) is 0 Å². The van der Waals surface area contributed by atoms with Crippen LogP contribution in [-0.2, 0) is 6.18 Å². The molecule has 0 aromatic heterocycles. The summed E-state index contributed by atoms with van der Waals surface area (Å²) < 4.78 is 36.8. The minimum atomic E-state index is -4.52. The number of nitrogens with zero attached hydrogens (tertiary/aromatic N) is 1. The first-order chi connectivity index (χ1) is 6.49. The van der Waals surface area contributed by atoms with Gasteiger partial charge in [-0.25, -0.2) is 0 Å². The molecule has 0 spiro atoms. The van der Waals surface area contributed by atoms with E-state index in [1.165, 1.54) is 6.07 Å². The fourth-order valence-electron chi connectivity index (χ4n) is 0.974. The van der Waals surface area contributed by atoms with Crippen LogP contribution in [0.3, 0.4) is 0 Å². The molecule has 70 valence electrons. The summed E-state index contributed by atoms with van der Waals surface area (Å²) >= 11 is 0. The molecule has 1 aromatic carbocycles. The molecule has 0 fully saturated rings. The lowest BCUT2D eigenvalue weighted by Gasteiger charge is -2.08. The molecule has 0 aliphatic heterocycles. The van der Waals surface area contributed by atoms with E-state index in [-0.39, 0.29) is 5.56 Å². The number of nitriles is 1. The summed E-state index contributed by atoms with van der Waals surface area (Å²) in [5, 5.41) is 8.48. The third-order valence-electron chi connectivity index (χ3n) is 1.61. The van der Waals surface area contributed by atoms with Gasteiger partial charge in [-0.2, -0.15) is 18.4 Å². The van der Waals surface area contributed by atoms with E-state index in [1.807, 2.05) is 0 Å². The summed E-state index contributed by atoms with van der Waals surface area (Å²) in [6.45, 7) is 0. The molecule has 0 N–H and O–H groups in total. The molecule has 0 atom stereocenters. The van der Waals surface area contributed by atoms with Crippen molar-refractivity contribution in [3.8, 4) is 18.4 Å². The summed E-state index contributed by atoms with van der Waals surface area (Å²) in [5.41, 5.74) is -1.15. The summed E-state index contributed by atoms with van der Waals surface area (Å²) in [6.07, 6.45) is 0.476. The van der Waals surface area contributed by atoms with Crippen LogP contribution in [0, 0.1) is 23.7 Å². The normalized spacial score (nSPS) is 10.4. The van der Waals surface area contributed by atoms with Crippen LogP contribution < -0.4 is 0 Å². The van der Waals surface area contributed by atoms with Gasteiger partial charge in [0.05, 0.1) is 17.2 Å². The Morgan fingerprint density at radius 1 is 1.29 bits per heavy atom. The molecule has 1 rings (SSSR count). The molecule has 0 heterocycles. The molecule has 14 heavy (non-hydrogen) atoms. The maximum atomic E-state index is 12.3. The van der Waals surface area contributed by atoms with Crippen molar-refractivity contribution in [2.75, 3.05) is 0 Å². The predicted molar refractivity (Wildman–Crippen MR) is 44.1 cm³/mol. The predicted octanol–water partition coefficient (Wildman–Crippen LogP) is 2.56. The highest BCUT2D eigenvalue weighted by atomic mass is 19.4. The second-order valence-corrected chi connectivity index (χ2v) is 2.51. The van der Waals surface area contributed by atoms with Crippen molar-refractivity contribution in [2.24, 2.45) is 0 Å². The van der Waals surface area contributed by atoms with E-state index in [2.05, 4.69) is 5.92 Å². The van der Waals surface area contributed by atoms with Gasteiger partial charge in [-0.1, -0.05) is 5.92 Å². The molecule has 0 saturated heterocycles. The Kier molecular flexibility index (Phi) is 2.49. The number of rotatable bonds is 0. The zero-order valence-corrected chi connectivity index (χ0v) is 6.89. The first-order valence-electron chi connectivity index (χ1n) is 3.57. The van der Waals surface area contributed by atoms with Gasteiger partial charge < -0.3 is 0 Å². The van der Waals surface area contributed by atoms with E-state index in [1.54, 1.807) is 0 Å². The van der Waals surface area contributed by atoms with E-state index in [0.29, 0.717) is 0 Å². The SMILES string of the molecule is C#Cc1ccc(C(F)(F)F)c(C#N)c1. The maximum Gasteiger partial charge on any atom is 0.417 e. The van der Waals surface area contributed by atoms with Gasteiger partial charge in [-0.15, -0.1) is 6.42 Å². The second-order valence-electron chi connectivity index (χ2n) is 2.51. The third-order valence-corrected chi connectivity index (χ3v) is 1.61. The first kappa shape index (κ1) is 10.1. The van der Waals surface area contributed by atoms with Crippen molar-refractivity contribution >= 4 is 0 Å². The smallest absolute Gasteiger partial charge is 0.192 e. The standard InChI is InChI=1S/C10H4F3N/c1-2-7-3-4-9(10(11,12)13)8(5-7)6-14/h1,3-5H. The summed E-state index contributed by atoms with van der Waals surface area (Å²) in [7, 11) is 0. The van der Waals surface area contributed by atoms with Gasteiger partial charge in [0, 0.05) is 5.56 Å². The lowest BCUT2D eigenvalue weighted by Crippen LogP contribution is -2.07. The summed E-state index contributed by atoms with van der Waals surface area (Å²) in [5.74, 6) is 2.16. The van der Waals surface area contributed by atoms with Crippen molar-refractivity contribution in [1.29, 1.82) is 5.26 Å². The van der Waals surface area contributed by atoms with Crippen molar-refractivity contribution in [3.05, 3.63) is 34.9 Å². The fourth-order valence-corrected chi connectivity index (χ4v) is 0.974. The molecule has 0 unspecified atom stereocenters. The van der Waals surface area contributed by atoms with Crippen LogP contribution in [0.4, 0.5) is 13.2 Å². The van der Waals surface area contributed by atoms with Gasteiger partial charge in [-0.3, -0.25) is 0 Å². The Bertz CT molecular complexity index is 432. The molecule has 1 nitrogen and oxygen atoms in total. The van der Waals surface area contributed by atoms with E-state index >= 15 is 0 Å². The van der Waals surface area contributed by atoms with Crippen molar-refractivity contribution in [1.82, 2.24) is 0 Å².